The van der Waals surface area contributed by atoms with Gasteiger partial charge >= 0.3 is 0 Å². The summed E-state index contributed by atoms with van der Waals surface area (Å²) in [5.74, 6) is -2.02. The van der Waals surface area contributed by atoms with Crippen molar-refractivity contribution in [3.8, 4) is 17.5 Å². The van der Waals surface area contributed by atoms with Crippen LogP contribution in [0.5, 0.6) is 17.5 Å². The maximum Gasteiger partial charge on any atom is 0.262 e. The van der Waals surface area contributed by atoms with Gasteiger partial charge in [-0.1, -0.05) is 40.9 Å². The van der Waals surface area contributed by atoms with Gasteiger partial charge in [0.25, 0.3) is 11.1 Å². The molecule has 4 aromatic rings. The number of nitrogens with zero attached hydrogens (tertiary/aromatic N) is 4. The van der Waals surface area contributed by atoms with Crippen molar-refractivity contribution in [1.82, 2.24) is 18.3 Å². The van der Waals surface area contributed by atoms with Crippen LogP contribution in [-0.2, 0) is 34.8 Å². The molecule has 0 amide bonds. The average molecular weight is 721 g/mol. The lowest BCUT2D eigenvalue weighted by Crippen LogP contribution is -2.33. The van der Waals surface area contributed by atoms with Gasteiger partial charge in [0.1, 0.15) is 6.61 Å². The first-order valence-corrected chi connectivity index (χ1v) is 14.4. The van der Waals surface area contributed by atoms with Crippen molar-refractivity contribution in [2.75, 3.05) is 0 Å². The van der Waals surface area contributed by atoms with E-state index in [0.717, 1.165) is 9.13 Å². The summed E-state index contributed by atoms with van der Waals surface area (Å²) in [5.41, 5.74) is -0.821. The lowest BCUT2D eigenvalue weighted by Gasteiger charge is -2.24. The first-order valence-electron chi connectivity index (χ1n) is 11.7. The van der Waals surface area contributed by atoms with Crippen LogP contribution < -0.4 is 15.9 Å². The third-order valence-electron chi connectivity index (χ3n) is 6.65. The second-order valence-electron chi connectivity index (χ2n) is 9.16. The minimum atomic E-state index is -1.30. The molecule has 0 unspecified atom stereocenters. The van der Waals surface area contributed by atoms with Crippen LogP contribution in [0.25, 0.3) is 0 Å². The fraction of sp³-hybridized carbons (Fsp3) is 0.231. The van der Waals surface area contributed by atoms with Crippen molar-refractivity contribution in [1.29, 1.82) is 0 Å². The van der Waals surface area contributed by atoms with Gasteiger partial charge in [0.2, 0.25) is 11.8 Å². The Morgan fingerprint density at radius 2 is 1.34 bits per heavy atom. The molecule has 0 spiro atoms. The monoisotopic (exact) mass is 718 g/mol. The molecule has 0 aliphatic rings. The van der Waals surface area contributed by atoms with E-state index in [2.05, 4.69) is 15.9 Å². The van der Waals surface area contributed by atoms with E-state index >= 15 is 0 Å². The van der Waals surface area contributed by atoms with Crippen molar-refractivity contribution in [3.63, 3.8) is 0 Å². The molecule has 216 valence electrons. The fourth-order valence-electron chi connectivity index (χ4n) is 4.37. The van der Waals surface area contributed by atoms with E-state index in [4.69, 9.17) is 64.0 Å². The number of benzene rings is 2. The molecule has 15 heteroatoms. The third kappa shape index (κ3) is 5.61. The van der Waals surface area contributed by atoms with Crippen LogP contribution >= 0.6 is 75.2 Å². The number of aromatic nitrogens is 4. The molecule has 2 aromatic carbocycles. The number of hydrogen-bond donors (Lipinski definition) is 2. The van der Waals surface area contributed by atoms with E-state index in [1.54, 1.807) is 24.3 Å². The summed E-state index contributed by atoms with van der Waals surface area (Å²) in [4.78, 5) is 27.2. The van der Waals surface area contributed by atoms with Gasteiger partial charge in [-0.2, -0.15) is 0 Å². The zero-order valence-electron chi connectivity index (χ0n) is 21.9. The van der Waals surface area contributed by atoms with Gasteiger partial charge in [-0.15, -0.1) is 0 Å². The number of aromatic hydroxyl groups is 2. The molecule has 41 heavy (non-hydrogen) atoms. The van der Waals surface area contributed by atoms with E-state index in [1.165, 1.54) is 43.4 Å². The molecule has 2 heterocycles. The van der Waals surface area contributed by atoms with Gasteiger partial charge in [-0.3, -0.25) is 27.9 Å². The molecular formula is C26H22BrCl3N4O5S2. The Hall–Kier alpha value is -2.61. The molecule has 0 atom stereocenters. The van der Waals surface area contributed by atoms with Gasteiger partial charge in [0, 0.05) is 43.8 Å². The highest BCUT2D eigenvalue weighted by molar-refractivity contribution is 9.10. The van der Waals surface area contributed by atoms with Gasteiger partial charge in [0.15, 0.2) is 15.3 Å². The molecule has 0 bridgehead atoms. The standard InChI is InChI=1S/C26H22BrCl3N4O5S2/c1-31-21(35)18(22(36)32(2)25(31)40)17(19-23(37)33(3)26(41)34(4)24(19)38)12-7-14(27)20(16(30)8-12)39-10-11-5-6-13(28)9-15(11)29/h5-9,17,35,37H,10H2,1-4H3. The van der Waals surface area contributed by atoms with Crippen molar-refractivity contribution in [2.45, 2.75) is 12.5 Å². The summed E-state index contributed by atoms with van der Waals surface area (Å²) < 4.78 is 11.2. The Labute approximate surface area is 267 Å². The summed E-state index contributed by atoms with van der Waals surface area (Å²) in [6.45, 7) is 0.0615. The predicted molar refractivity (Wildman–Crippen MR) is 167 cm³/mol. The Morgan fingerprint density at radius 1 is 0.829 bits per heavy atom. The van der Waals surface area contributed by atoms with E-state index in [9.17, 15) is 19.8 Å². The van der Waals surface area contributed by atoms with Crippen LogP contribution in [-0.4, -0.2) is 28.5 Å². The van der Waals surface area contributed by atoms with Crippen LogP contribution in [0, 0.1) is 9.54 Å². The van der Waals surface area contributed by atoms with E-state index in [0.29, 0.717) is 20.1 Å². The Balaban J connectivity index is 1.99. The molecule has 0 radical (unpaired) electrons. The number of ether oxygens (including phenoxy) is 1. The summed E-state index contributed by atoms with van der Waals surface area (Å²) in [6.07, 6.45) is 0. The number of rotatable bonds is 6. The highest BCUT2D eigenvalue weighted by Gasteiger charge is 2.33. The van der Waals surface area contributed by atoms with E-state index in [1.807, 2.05) is 0 Å². The minimum Gasteiger partial charge on any atom is -0.494 e. The summed E-state index contributed by atoms with van der Waals surface area (Å²) in [7, 11) is 5.83. The number of hydrogen-bond acceptors (Lipinski definition) is 7. The highest BCUT2D eigenvalue weighted by Crippen LogP contribution is 2.43. The van der Waals surface area contributed by atoms with E-state index in [-0.39, 0.29) is 43.6 Å². The molecule has 9 nitrogen and oxygen atoms in total. The molecule has 2 N–H and O–H groups in total. The topological polar surface area (TPSA) is 104 Å². The second-order valence-corrected chi connectivity index (χ2v) is 12.0. The predicted octanol–water partition coefficient (Wildman–Crippen LogP) is 6.11. The highest BCUT2D eigenvalue weighted by atomic mass is 79.9. The van der Waals surface area contributed by atoms with Gasteiger partial charge in [-0.25, -0.2) is 0 Å². The molecule has 0 saturated carbocycles. The van der Waals surface area contributed by atoms with Crippen LogP contribution in [0.1, 0.15) is 28.2 Å². The second kappa shape index (κ2) is 11.9. The molecule has 0 aliphatic heterocycles. The van der Waals surface area contributed by atoms with Crippen molar-refractivity contribution >= 4 is 75.2 Å². The molecule has 0 fully saturated rings. The molecule has 2 aromatic heterocycles. The maximum absolute atomic E-state index is 13.6. The normalized spacial score (nSPS) is 11.3. The lowest BCUT2D eigenvalue weighted by atomic mass is 9.86. The molecule has 0 saturated heterocycles. The summed E-state index contributed by atoms with van der Waals surface area (Å²) in [6, 6.07) is 8.06. The third-order valence-corrected chi connectivity index (χ3v) is 9.21. The smallest absolute Gasteiger partial charge is 0.262 e. The van der Waals surface area contributed by atoms with Crippen molar-refractivity contribution < 1.29 is 14.9 Å². The van der Waals surface area contributed by atoms with Crippen LogP contribution in [0.3, 0.4) is 0 Å². The first kappa shape index (κ1) is 31.3. The van der Waals surface area contributed by atoms with Crippen molar-refractivity contribution in [3.05, 3.63) is 102 Å². The largest absolute Gasteiger partial charge is 0.494 e. The maximum atomic E-state index is 13.6. The SMILES string of the molecule is Cn1c(O)c(C(c2cc(Cl)c(OCc3ccc(Cl)cc3Cl)c(Br)c2)c2c(O)n(C)c(=S)n(C)c2=O)c(=O)n(C)c1=S. The van der Waals surface area contributed by atoms with Gasteiger partial charge < -0.3 is 14.9 Å². The quantitative estimate of drug-likeness (QED) is 0.232. The van der Waals surface area contributed by atoms with Gasteiger partial charge in [0.05, 0.1) is 26.5 Å². The molecule has 0 aliphatic carbocycles. The first-order chi connectivity index (χ1) is 19.2. The Kier molecular flexibility index (Phi) is 9.13. The van der Waals surface area contributed by atoms with Crippen LogP contribution in [0.15, 0.2) is 44.4 Å². The molecule has 4 rings (SSSR count). The minimum absolute atomic E-state index is 0.0439. The van der Waals surface area contributed by atoms with E-state index < -0.39 is 28.8 Å². The Morgan fingerprint density at radius 3 is 1.80 bits per heavy atom. The van der Waals surface area contributed by atoms with Crippen LogP contribution in [0.4, 0.5) is 0 Å². The lowest BCUT2D eigenvalue weighted by molar-refractivity contribution is 0.304. The zero-order chi connectivity index (χ0) is 30.5. The summed E-state index contributed by atoms with van der Waals surface area (Å²) in [5, 5.41) is 23.4. The van der Waals surface area contributed by atoms with Crippen LogP contribution in [0.2, 0.25) is 15.1 Å². The zero-order valence-corrected chi connectivity index (χ0v) is 27.4. The van der Waals surface area contributed by atoms with Crippen molar-refractivity contribution in [2.24, 2.45) is 28.2 Å². The number of halogens is 4. The Bertz CT molecular complexity index is 1860. The fourth-order valence-corrected chi connectivity index (χ4v) is 6.17. The summed E-state index contributed by atoms with van der Waals surface area (Å²) >= 11 is 32.9. The molecular weight excluding hydrogens is 699 g/mol. The average Bonchev–Trinajstić information content (AvgIpc) is 2.92. The van der Waals surface area contributed by atoms with Gasteiger partial charge in [-0.05, 0) is 70.2 Å².